The summed E-state index contributed by atoms with van der Waals surface area (Å²) in [4.78, 5) is 8.42. The standard InChI is InChI=1S/C20H40N2O10/c1-10(12(3)22-14(7-24)18(30)20(32)16(28)9-26)4-5-11(2)21-13(6-23)17(29)19(31)15(27)8-25/h10-12,15-20,23-32H,4-9H2,1-3H3. The number of aliphatic imine (C=N–C) groups is 2. The van der Waals surface area contributed by atoms with Crippen molar-refractivity contribution in [3.63, 3.8) is 0 Å². The summed E-state index contributed by atoms with van der Waals surface area (Å²) in [5.74, 6) is -0.0643. The zero-order chi connectivity index (χ0) is 25.0. The van der Waals surface area contributed by atoms with Crippen LogP contribution in [0.2, 0.25) is 0 Å². The zero-order valence-corrected chi connectivity index (χ0v) is 18.8. The van der Waals surface area contributed by atoms with Crippen molar-refractivity contribution in [2.75, 3.05) is 26.4 Å². The van der Waals surface area contributed by atoms with E-state index in [1.807, 2.05) is 6.92 Å². The molecule has 0 aliphatic carbocycles. The summed E-state index contributed by atoms with van der Waals surface area (Å²) in [5, 5.41) is 95.2. The minimum absolute atomic E-state index is 0.0643. The van der Waals surface area contributed by atoms with Crippen molar-refractivity contribution in [2.45, 2.75) is 82.3 Å². The Morgan fingerprint density at radius 2 is 1.03 bits per heavy atom. The Hall–Kier alpha value is -1.06. The van der Waals surface area contributed by atoms with Gasteiger partial charge in [-0.05, 0) is 32.6 Å². The van der Waals surface area contributed by atoms with Gasteiger partial charge in [0.25, 0.3) is 0 Å². The van der Waals surface area contributed by atoms with E-state index in [2.05, 4.69) is 9.98 Å². The summed E-state index contributed by atoms with van der Waals surface area (Å²) in [5.41, 5.74) is -0.254. The van der Waals surface area contributed by atoms with Gasteiger partial charge < -0.3 is 51.1 Å². The van der Waals surface area contributed by atoms with Crippen LogP contribution in [0.4, 0.5) is 0 Å². The molecule has 0 spiro atoms. The number of nitrogens with zero attached hydrogens (tertiary/aromatic N) is 2. The van der Waals surface area contributed by atoms with Gasteiger partial charge in [0.15, 0.2) is 0 Å². The van der Waals surface area contributed by atoms with E-state index in [1.54, 1.807) is 13.8 Å². The first-order valence-corrected chi connectivity index (χ1v) is 10.6. The van der Waals surface area contributed by atoms with E-state index in [0.29, 0.717) is 12.8 Å². The molecule has 0 heterocycles. The van der Waals surface area contributed by atoms with Gasteiger partial charge >= 0.3 is 0 Å². The van der Waals surface area contributed by atoms with Gasteiger partial charge in [0.05, 0.1) is 37.9 Å². The number of rotatable bonds is 16. The highest BCUT2D eigenvalue weighted by Gasteiger charge is 2.29. The molecule has 0 amide bonds. The molecule has 9 atom stereocenters. The molecule has 32 heavy (non-hydrogen) atoms. The van der Waals surface area contributed by atoms with Gasteiger partial charge in [0.2, 0.25) is 0 Å². The lowest BCUT2D eigenvalue weighted by atomic mass is 9.95. The highest BCUT2D eigenvalue weighted by molar-refractivity contribution is 5.90. The van der Waals surface area contributed by atoms with Crippen molar-refractivity contribution in [1.82, 2.24) is 0 Å². The van der Waals surface area contributed by atoms with E-state index in [4.69, 9.17) is 10.2 Å². The molecule has 0 aromatic rings. The Kier molecular flexibility index (Phi) is 15.2. The first kappa shape index (κ1) is 30.9. The second kappa shape index (κ2) is 15.7. The van der Waals surface area contributed by atoms with Crippen molar-refractivity contribution >= 4 is 11.4 Å². The van der Waals surface area contributed by atoms with Crippen LogP contribution in [-0.2, 0) is 0 Å². The SMILES string of the molecule is CC(CCC(C)C(C)N=C(CO)C(O)C(O)C(O)CO)N=C(CO)C(O)C(O)C(O)CO. The predicted molar refractivity (Wildman–Crippen MR) is 117 cm³/mol. The van der Waals surface area contributed by atoms with Crippen molar-refractivity contribution in [3.05, 3.63) is 0 Å². The van der Waals surface area contributed by atoms with E-state index in [1.165, 1.54) is 0 Å². The zero-order valence-electron chi connectivity index (χ0n) is 18.8. The molecule has 0 aromatic heterocycles. The highest BCUT2D eigenvalue weighted by Crippen LogP contribution is 2.18. The van der Waals surface area contributed by atoms with Crippen LogP contribution in [0.1, 0.15) is 33.6 Å². The topological polar surface area (TPSA) is 227 Å². The van der Waals surface area contributed by atoms with Crippen molar-refractivity contribution in [2.24, 2.45) is 15.9 Å². The van der Waals surface area contributed by atoms with Gasteiger partial charge in [-0.15, -0.1) is 0 Å². The van der Waals surface area contributed by atoms with E-state index < -0.39 is 63.1 Å². The van der Waals surface area contributed by atoms with Crippen molar-refractivity contribution in [3.8, 4) is 0 Å². The van der Waals surface area contributed by atoms with E-state index in [9.17, 15) is 40.9 Å². The molecular weight excluding hydrogens is 428 g/mol. The molecule has 9 unspecified atom stereocenters. The summed E-state index contributed by atoms with van der Waals surface area (Å²) in [7, 11) is 0. The fourth-order valence-corrected chi connectivity index (χ4v) is 2.93. The summed E-state index contributed by atoms with van der Waals surface area (Å²) in [6.07, 6.45) is -8.78. The number of hydrogen-bond acceptors (Lipinski definition) is 12. The van der Waals surface area contributed by atoms with Crippen LogP contribution in [0, 0.1) is 5.92 Å². The molecule has 10 N–H and O–H groups in total. The van der Waals surface area contributed by atoms with Crippen LogP contribution in [0.15, 0.2) is 9.98 Å². The quantitative estimate of drug-likeness (QED) is 0.0993. The number of aliphatic hydroxyl groups is 10. The van der Waals surface area contributed by atoms with E-state index in [0.717, 1.165) is 0 Å². The molecule has 0 saturated heterocycles. The van der Waals surface area contributed by atoms with Gasteiger partial charge in [-0.1, -0.05) is 6.92 Å². The van der Waals surface area contributed by atoms with Crippen LogP contribution in [0.5, 0.6) is 0 Å². The average Bonchev–Trinajstić information content (AvgIpc) is 2.80. The third kappa shape index (κ3) is 9.83. The largest absolute Gasteiger partial charge is 0.394 e. The van der Waals surface area contributed by atoms with Crippen LogP contribution in [-0.4, -0.2) is 138 Å². The molecule has 12 nitrogen and oxygen atoms in total. The normalized spacial score (nSPS) is 21.9. The van der Waals surface area contributed by atoms with Gasteiger partial charge in [-0.2, -0.15) is 0 Å². The van der Waals surface area contributed by atoms with Crippen molar-refractivity contribution < 1.29 is 51.1 Å². The Labute approximate surface area is 187 Å². The number of hydrogen-bond donors (Lipinski definition) is 10. The van der Waals surface area contributed by atoms with Crippen LogP contribution in [0.25, 0.3) is 0 Å². The van der Waals surface area contributed by atoms with Gasteiger partial charge in [0.1, 0.15) is 36.6 Å². The predicted octanol–water partition coefficient (Wildman–Crippen LogP) is -3.80. The summed E-state index contributed by atoms with van der Waals surface area (Å²) >= 11 is 0. The average molecular weight is 469 g/mol. The lowest BCUT2D eigenvalue weighted by Crippen LogP contribution is -2.45. The third-order valence-corrected chi connectivity index (χ3v) is 5.44. The van der Waals surface area contributed by atoms with Gasteiger partial charge in [-0.25, -0.2) is 0 Å². The second-order valence-electron chi connectivity index (χ2n) is 8.07. The van der Waals surface area contributed by atoms with Crippen LogP contribution in [0.3, 0.4) is 0 Å². The molecular formula is C20H40N2O10. The van der Waals surface area contributed by atoms with Crippen LogP contribution < -0.4 is 0 Å². The number of aliphatic hydroxyl groups excluding tert-OH is 10. The van der Waals surface area contributed by atoms with Gasteiger partial charge in [0, 0.05) is 12.1 Å². The molecule has 0 aliphatic heterocycles. The molecule has 0 radical (unpaired) electrons. The highest BCUT2D eigenvalue weighted by atomic mass is 16.4. The minimum Gasteiger partial charge on any atom is -0.394 e. The lowest BCUT2D eigenvalue weighted by Gasteiger charge is -2.25. The Morgan fingerprint density at radius 3 is 1.41 bits per heavy atom. The fraction of sp³-hybridized carbons (Fsp3) is 0.900. The van der Waals surface area contributed by atoms with E-state index >= 15 is 0 Å². The minimum atomic E-state index is -1.70. The Balaban J connectivity index is 5.04. The summed E-state index contributed by atoms with van der Waals surface area (Å²) in [6, 6.07) is -0.751. The smallest absolute Gasteiger partial charge is 0.122 e. The third-order valence-electron chi connectivity index (χ3n) is 5.44. The monoisotopic (exact) mass is 468 g/mol. The second-order valence-corrected chi connectivity index (χ2v) is 8.07. The van der Waals surface area contributed by atoms with E-state index in [-0.39, 0.29) is 29.4 Å². The molecule has 190 valence electrons. The molecule has 0 bridgehead atoms. The Morgan fingerprint density at radius 1 is 0.625 bits per heavy atom. The lowest BCUT2D eigenvalue weighted by molar-refractivity contribution is -0.0565. The molecule has 0 fully saturated rings. The summed E-state index contributed by atoms with van der Waals surface area (Å²) in [6.45, 7) is 2.53. The first-order valence-electron chi connectivity index (χ1n) is 10.6. The van der Waals surface area contributed by atoms with Crippen LogP contribution >= 0.6 is 0 Å². The van der Waals surface area contributed by atoms with Crippen molar-refractivity contribution in [1.29, 1.82) is 0 Å². The summed E-state index contributed by atoms with van der Waals surface area (Å²) < 4.78 is 0. The Bertz CT molecular complexity index is 577. The fourth-order valence-electron chi connectivity index (χ4n) is 2.93. The maximum atomic E-state index is 10.1. The maximum Gasteiger partial charge on any atom is 0.122 e. The molecule has 0 aliphatic rings. The molecule has 0 aromatic carbocycles. The molecule has 0 saturated carbocycles. The van der Waals surface area contributed by atoms with Gasteiger partial charge in [-0.3, -0.25) is 9.98 Å². The molecule has 0 rings (SSSR count). The molecule has 12 heteroatoms. The maximum absolute atomic E-state index is 10.1. The first-order chi connectivity index (χ1) is 14.9.